The van der Waals surface area contributed by atoms with Gasteiger partial charge in [-0.3, -0.25) is 9.59 Å². The molecule has 0 spiro atoms. The Morgan fingerprint density at radius 1 is 0.408 bits per heavy atom. The Morgan fingerprint density at radius 3 is 1.12 bits per heavy atom. The van der Waals surface area contributed by atoms with E-state index in [9.17, 15) is 19.5 Å². The van der Waals surface area contributed by atoms with Gasteiger partial charge in [0.15, 0.2) is 12.4 Å². The highest BCUT2D eigenvalue weighted by Crippen LogP contribution is 2.18. The largest absolute Gasteiger partial charge is 0.545 e. The highest BCUT2D eigenvalue weighted by atomic mass is 16.7. The third kappa shape index (κ3) is 58.9. The maximum absolute atomic E-state index is 12.9. The molecule has 0 amide bonds. The molecular formula is C67H123NO8. The molecule has 0 aliphatic heterocycles. The van der Waals surface area contributed by atoms with Crippen LogP contribution in [0.25, 0.3) is 0 Å². The number of aliphatic carboxylic acids is 1. The average molecular weight is 1070 g/mol. The summed E-state index contributed by atoms with van der Waals surface area (Å²) in [7, 11) is 5.93. The van der Waals surface area contributed by atoms with Gasteiger partial charge in [-0.1, -0.05) is 287 Å². The van der Waals surface area contributed by atoms with Gasteiger partial charge in [-0.25, -0.2) is 0 Å². The fourth-order valence-corrected chi connectivity index (χ4v) is 9.41. The van der Waals surface area contributed by atoms with Crippen LogP contribution in [0.4, 0.5) is 0 Å². The molecule has 0 saturated heterocycles. The molecule has 0 aliphatic carbocycles. The normalized spacial score (nSPS) is 13.0. The second kappa shape index (κ2) is 58.4. The van der Waals surface area contributed by atoms with Gasteiger partial charge in [0.1, 0.15) is 13.2 Å². The molecule has 444 valence electrons. The van der Waals surface area contributed by atoms with Gasteiger partial charge < -0.3 is 33.3 Å². The van der Waals surface area contributed by atoms with Crippen molar-refractivity contribution in [3.05, 3.63) is 48.6 Å². The summed E-state index contributed by atoms with van der Waals surface area (Å²) >= 11 is 0. The van der Waals surface area contributed by atoms with Crippen molar-refractivity contribution >= 4 is 17.9 Å². The summed E-state index contributed by atoms with van der Waals surface area (Å²) < 4.78 is 22.8. The van der Waals surface area contributed by atoms with Gasteiger partial charge in [0.25, 0.3) is 0 Å². The van der Waals surface area contributed by atoms with Crippen molar-refractivity contribution in [3.63, 3.8) is 0 Å². The summed E-state index contributed by atoms with van der Waals surface area (Å²) in [5.74, 6) is -2.27. The SMILES string of the molecule is CC/C=C\C/C=C\C/C=C\C/C=C\CCCCCCCCCCCCCCC(=O)OC(COC(=O)CCCCCCCCCCCCCCCCCCCCCCCCCCCC)COC(OCC[N+](C)(C)C)C(=O)[O-]. The number of hydrogen-bond donors (Lipinski definition) is 0. The zero-order chi connectivity index (χ0) is 55.5. The molecule has 0 aliphatic rings. The molecule has 2 unspecified atom stereocenters. The first kappa shape index (κ1) is 73.2. The van der Waals surface area contributed by atoms with Crippen molar-refractivity contribution in [3.8, 4) is 0 Å². The number of allylic oxidation sites excluding steroid dienone is 8. The van der Waals surface area contributed by atoms with E-state index in [1.54, 1.807) is 0 Å². The predicted molar refractivity (Wildman–Crippen MR) is 320 cm³/mol. The molecule has 9 nitrogen and oxygen atoms in total. The van der Waals surface area contributed by atoms with Crippen molar-refractivity contribution < 1.29 is 42.9 Å². The number of carbonyl (C=O) groups is 3. The first-order valence-electron chi connectivity index (χ1n) is 32.3. The molecule has 2 atom stereocenters. The molecule has 76 heavy (non-hydrogen) atoms. The van der Waals surface area contributed by atoms with Gasteiger partial charge >= 0.3 is 11.9 Å². The average Bonchev–Trinajstić information content (AvgIpc) is 3.39. The smallest absolute Gasteiger partial charge is 0.306 e. The third-order valence-corrected chi connectivity index (χ3v) is 14.3. The number of quaternary nitrogens is 1. The number of rotatable bonds is 60. The maximum atomic E-state index is 12.9. The molecular weight excluding hydrogens is 947 g/mol. The second-order valence-corrected chi connectivity index (χ2v) is 23.0. The van der Waals surface area contributed by atoms with Crippen LogP contribution in [0.1, 0.15) is 303 Å². The highest BCUT2D eigenvalue weighted by molar-refractivity contribution is 5.70. The molecule has 0 rings (SSSR count). The fourth-order valence-electron chi connectivity index (χ4n) is 9.41. The summed E-state index contributed by atoms with van der Waals surface area (Å²) in [6.45, 7) is 4.69. The van der Waals surface area contributed by atoms with Gasteiger partial charge in [-0.05, 0) is 51.4 Å². The quantitative estimate of drug-likeness (QED) is 0.0195. The lowest BCUT2D eigenvalue weighted by Crippen LogP contribution is -2.44. The molecule has 0 aromatic carbocycles. The van der Waals surface area contributed by atoms with Gasteiger partial charge in [0.05, 0.1) is 40.3 Å². The Labute approximate surface area is 470 Å². The Morgan fingerprint density at radius 2 is 0.750 bits per heavy atom. The van der Waals surface area contributed by atoms with Gasteiger partial charge in [0.2, 0.25) is 0 Å². The van der Waals surface area contributed by atoms with E-state index in [0.29, 0.717) is 23.9 Å². The molecule has 0 N–H and O–H groups in total. The number of hydrogen-bond acceptors (Lipinski definition) is 8. The third-order valence-electron chi connectivity index (χ3n) is 14.3. The first-order chi connectivity index (χ1) is 37.1. The summed E-state index contributed by atoms with van der Waals surface area (Å²) in [5, 5.41) is 11.8. The standard InChI is InChI=1S/C67H123NO8/c1-6-8-10-12-14-16-18-20-22-24-26-28-30-32-34-35-37-39-41-43-45-47-49-51-53-55-57-64(69)74-61-63(62-75-67(66(71)72)73-60-59-68(3,4)5)76-65(70)58-56-54-52-50-48-46-44-42-40-38-36-33-31-29-27-25-23-21-19-17-15-13-11-9-7-2/h9,11,15,17,21,23,27,29,63,67H,6-8,10,12-14,16,18-20,22,24-26,28,30-62H2,1-5H3/b11-9-,17-15-,23-21-,29-27-. The molecule has 9 heteroatoms. The van der Waals surface area contributed by atoms with Crippen molar-refractivity contribution in [1.29, 1.82) is 0 Å². The molecule has 0 bridgehead atoms. The van der Waals surface area contributed by atoms with Gasteiger partial charge in [0, 0.05) is 12.8 Å². The molecule has 0 heterocycles. The Balaban J connectivity index is 4.14. The molecule has 0 radical (unpaired) electrons. The van der Waals surface area contributed by atoms with Crippen molar-refractivity contribution in [1.82, 2.24) is 0 Å². The zero-order valence-corrected chi connectivity index (χ0v) is 50.6. The van der Waals surface area contributed by atoms with E-state index >= 15 is 0 Å². The van der Waals surface area contributed by atoms with Crippen molar-refractivity contribution in [2.45, 2.75) is 315 Å². The Bertz CT molecular complexity index is 1380. The number of carboxylic acids is 1. The second-order valence-electron chi connectivity index (χ2n) is 23.0. The summed E-state index contributed by atoms with van der Waals surface area (Å²) in [4.78, 5) is 37.4. The van der Waals surface area contributed by atoms with E-state index < -0.39 is 24.3 Å². The van der Waals surface area contributed by atoms with Crippen LogP contribution >= 0.6 is 0 Å². The summed E-state index contributed by atoms with van der Waals surface area (Å²) in [6.07, 6.45) is 70.3. The maximum Gasteiger partial charge on any atom is 0.306 e. The predicted octanol–water partition coefficient (Wildman–Crippen LogP) is 18.1. The minimum absolute atomic E-state index is 0.148. The van der Waals surface area contributed by atoms with Crippen LogP contribution in [0.3, 0.4) is 0 Å². The van der Waals surface area contributed by atoms with Crippen molar-refractivity contribution in [2.75, 3.05) is 47.5 Å². The van der Waals surface area contributed by atoms with Crippen LogP contribution < -0.4 is 5.11 Å². The molecule has 0 aromatic rings. The summed E-state index contributed by atoms with van der Waals surface area (Å²) in [6, 6.07) is 0. The lowest BCUT2D eigenvalue weighted by Gasteiger charge is -2.26. The van der Waals surface area contributed by atoms with Crippen LogP contribution in [0.5, 0.6) is 0 Å². The number of ether oxygens (including phenoxy) is 4. The Kier molecular flexibility index (Phi) is 56.3. The van der Waals surface area contributed by atoms with E-state index in [1.807, 2.05) is 21.1 Å². The Hall–Kier alpha value is -2.75. The van der Waals surface area contributed by atoms with E-state index in [4.69, 9.17) is 18.9 Å². The lowest BCUT2D eigenvalue weighted by atomic mass is 10.0. The summed E-state index contributed by atoms with van der Waals surface area (Å²) in [5.41, 5.74) is 0. The van der Waals surface area contributed by atoms with E-state index in [-0.39, 0.29) is 32.2 Å². The van der Waals surface area contributed by atoms with Crippen LogP contribution in [0.2, 0.25) is 0 Å². The monoisotopic (exact) mass is 1070 g/mol. The van der Waals surface area contributed by atoms with Crippen molar-refractivity contribution in [2.24, 2.45) is 0 Å². The van der Waals surface area contributed by atoms with E-state index in [2.05, 4.69) is 62.5 Å². The number of carbonyl (C=O) groups excluding carboxylic acids is 3. The van der Waals surface area contributed by atoms with Crippen LogP contribution in [-0.4, -0.2) is 82.3 Å². The fraction of sp³-hybridized carbons (Fsp3) is 0.836. The number of nitrogens with zero attached hydrogens (tertiary/aromatic N) is 1. The number of unbranched alkanes of at least 4 members (excludes halogenated alkanes) is 37. The number of likely N-dealkylation sites (N-methyl/N-ethyl adjacent to an activating group) is 1. The van der Waals surface area contributed by atoms with Gasteiger partial charge in [-0.15, -0.1) is 0 Å². The minimum Gasteiger partial charge on any atom is -0.545 e. The lowest BCUT2D eigenvalue weighted by molar-refractivity contribution is -0.870. The molecule has 0 aromatic heterocycles. The van der Waals surface area contributed by atoms with Gasteiger partial charge in [-0.2, -0.15) is 0 Å². The number of esters is 2. The molecule has 0 fully saturated rings. The minimum atomic E-state index is -1.62. The highest BCUT2D eigenvalue weighted by Gasteiger charge is 2.22. The molecule has 0 saturated carbocycles. The van der Waals surface area contributed by atoms with Crippen LogP contribution in [0, 0.1) is 0 Å². The van der Waals surface area contributed by atoms with E-state index in [1.165, 1.54) is 205 Å². The first-order valence-corrected chi connectivity index (χ1v) is 32.3. The topological polar surface area (TPSA) is 111 Å². The number of carboxylic acid groups (broad SMARTS) is 1. The van der Waals surface area contributed by atoms with Crippen LogP contribution in [-0.2, 0) is 33.3 Å². The van der Waals surface area contributed by atoms with E-state index in [0.717, 1.165) is 64.2 Å². The van der Waals surface area contributed by atoms with Crippen LogP contribution in [0.15, 0.2) is 48.6 Å². The zero-order valence-electron chi connectivity index (χ0n) is 50.6.